The summed E-state index contributed by atoms with van der Waals surface area (Å²) >= 11 is 5.80. The first-order valence-electron chi connectivity index (χ1n) is 5.82. The molecule has 0 aliphatic heterocycles. The largest absolute Gasteiger partial charge is 0.506 e. The number of pyridine rings is 1. The highest BCUT2D eigenvalue weighted by Crippen LogP contribution is 2.26. The number of hydrogen-bond donors (Lipinski definition) is 2. The number of aryl methyl sites for hydroxylation is 1. The summed E-state index contributed by atoms with van der Waals surface area (Å²) in [6.45, 7) is 0. The maximum Gasteiger partial charge on any atom is 0.224 e. The van der Waals surface area contributed by atoms with Gasteiger partial charge in [-0.1, -0.05) is 17.7 Å². The van der Waals surface area contributed by atoms with Crippen LogP contribution in [0.1, 0.15) is 12.0 Å². The molecule has 0 spiro atoms. The van der Waals surface area contributed by atoms with E-state index in [0.29, 0.717) is 23.6 Å². The number of halogens is 1. The lowest BCUT2D eigenvalue weighted by atomic mass is 10.1. The van der Waals surface area contributed by atoms with Gasteiger partial charge in [0, 0.05) is 23.8 Å². The predicted molar refractivity (Wildman–Crippen MR) is 74.3 cm³/mol. The van der Waals surface area contributed by atoms with Gasteiger partial charge in [0.25, 0.3) is 0 Å². The zero-order valence-corrected chi connectivity index (χ0v) is 10.9. The molecule has 0 atom stereocenters. The third kappa shape index (κ3) is 3.96. The van der Waals surface area contributed by atoms with E-state index in [-0.39, 0.29) is 11.7 Å². The number of carbonyl (C=O) groups is 1. The molecule has 5 heteroatoms. The maximum atomic E-state index is 11.8. The van der Waals surface area contributed by atoms with Crippen LogP contribution in [-0.4, -0.2) is 16.0 Å². The van der Waals surface area contributed by atoms with Crippen molar-refractivity contribution in [2.75, 3.05) is 5.32 Å². The predicted octanol–water partition coefficient (Wildman–Crippen LogP) is 3.01. The highest BCUT2D eigenvalue weighted by atomic mass is 35.5. The third-order valence-corrected chi connectivity index (χ3v) is 2.83. The van der Waals surface area contributed by atoms with Crippen LogP contribution in [0.25, 0.3) is 0 Å². The summed E-state index contributed by atoms with van der Waals surface area (Å²) in [5, 5.41) is 12.7. The number of anilines is 1. The van der Waals surface area contributed by atoms with Crippen LogP contribution in [0.4, 0.5) is 5.69 Å². The molecule has 2 N–H and O–H groups in total. The number of phenols is 1. The number of benzene rings is 1. The molecule has 0 fully saturated rings. The number of aromatic hydroxyl groups is 1. The molecule has 2 aromatic rings. The van der Waals surface area contributed by atoms with Gasteiger partial charge in [0.15, 0.2) is 0 Å². The summed E-state index contributed by atoms with van der Waals surface area (Å²) in [6.07, 6.45) is 4.33. The molecule has 2 rings (SSSR count). The molecule has 0 saturated heterocycles. The zero-order chi connectivity index (χ0) is 13.7. The van der Waals surface area contributed by atoms with Crippen LogP contribution in [0.5, 0.6) is 5.75 Å². The first-order chi connectivity index (χ1) is 9.15. The smallest absolute Gasteiger partial charge is 0.224 e. The molecular formula is C14H13ClN2O2. The number of rotatable bonds is 4. The standard InChI is InChI=1S/C14H13ClN2O2/c15-11-4-5-13(18)12(8-11)17-14(19)6-3-10-2-1-7-16-9-10/h1-2,4-5,7-9,18H,3,6H2,(H,17,19). The fraction of sp³-hybridized carbons (Fsp3) is 0.143. The third-order valence-electron chi connectivity index (χ3n) is 2.60. The summed E-state index contributed by atoms with van der Waals surface area (Å²) in [5.74, 6) is -0.180. The molecule has 1 amide bonds. The van der Waals surface area contributed by atoms with Crippen molar-refractivity contribution in [1.29, 1.82) is 0 Å². The Morgan fingerprint density at radius 1 is 1.37 bits per heavy atom. The first-order valence-corrected chi connectivity index (χ1v) is 6.20. The van der Waals surface area contributed by atoms with Crippen LogP contribution in [0.2, 0.25) is 5.02 Å². The molecule has 0 aliphatic carbocycles. The van der Waals surface area contributed by atoms with Gasteiger partial charge in [-0.3, -0.25) is 9.78 Å². The van der Waals surface area contributed by atoms with Crippen LogP contribution in [0.15, 0.2) is 42.7 Å². The van der Waals surface area contributed by atoms with Crippen molar-refractivity contribution in [3.8, 4) is 5.75 Å². The van der Waals surface area contributed by atoms with E-state index in [2.05, 4.69) is 10.3 Å². The Morgan fingerprint density at radius 3 is 2.95 bits per heavy atom. The Morgan fingerprint density at radius 2 is 2.21 bits per heavy atom. The SMILES string of the molecule is O=C(CCc1cccnc1)Nc1cc(Cl)ccc1O. The zero-order valence-electron chi connectivity index (χ0n) is 10.1. The quantitative estimate of drug-likeness (QED) is 0.844. The Hall–Kier alpha value is -2.07. The molecule has 0 radical (unpaired) electrons. The van der Waals surface area contributed by atoms with Gasteiger partial charge in [-0.15, -0.1) is 0 Å². The van der Waals surface area contributed by atoms with Gasteiger partial charge < -0.3 is 10.4 Å². The molecular weight excluding hydrogens is 264 g/mol. The van der Waals surface area contributed by atoms with E-state index < -0.39 is 0 Å². The van der Waals surface area contributed by atoms with Crippen molar-refractivity contribution in [1.82, 2.24) is 4.98 Å². The van der Waals surface area contributed by atoms with Crippen molar-refractivity contribution in [3.05, 3.63) is 53.3 Å². The summed E-state index contributed by atoms with van der Waals surface area (Å²) in [7, 11) is 0. The Labute approximate surface area is 116 Å². The topological polar surface area (TPSA) is 62.2 Å². The molecule has 1 aromatic heterocycles. The maximum absolute atomic E-state index is 11.8. The molecule has 4 nitrogen and oxygen atoms in total. The van der Waals surface area contributed by atoms with E-state index in [1.807, 2.05) is 12.1 Å². The van der Waals surface area contributed by atoms with Crippen molar-refractivity contribution in [3.63, 3.8) is 0 Å². The number of nitrogens with zero attached hydrogens (tertiary/aromatic N) is 1. The van der Waals surface area contributed by atoms with Crippen molar-refractivity contribution >= 4 is 23.2 Å². The Kier molecular flexibility index (Phi) is 4.36. The molecule has 0 saturated carbocycles. The highest BCUT2D eigenvalue weighted by molar-refractivity contribution is 6.31. The molecule has 0 unspecified atom stereocenters. The molecule has 1 heterocycles. The number of amides is 1. The molecule has 19 heavy (non-hydrogen) atoms. The van der Waals surface area contributed by atoms with Gasteiger partial charge in [0.1, 0.15) is 5.75 Å². The van der Waals surface area contributed by atoms with Crippen LogP contribution in [0.3, 0.4) is 0 Å². The lowest BCUT2D eigenvalue weighted by Crippen LogP contribution is -2.12. The molecule has 0 aliphatic rings. The van der Waals surface area contributed by atoms with Crippen LogP contribution in [0, 0.1) is 0 Å². The summed E-state index contributed by atoms with van der Waals surface area (Å²) in [4.78, 5) is 15.7. The average molecular weight is 277 g/mol. The van der Waals surface area contributed by atoms with Gasteiger partial charge in [-0.25, -0.2) is 0 Å². The fourth-order valence-corrected chi connectivity index (χ4v) is 1.80. The Balaban J connectivity index is 1.93. The second-order valence-corrected chi connectivity index (χ2v) is 4.51. The van der Waals surface area contributed by atoms with Gasteiger partial charge in [-0.2, -0.15) is 0 Å². The fourth-order valence-electron chi connectivity index (χ4n) is 1.62. The second-order valence-electron chi connectivity index (χ2n) is 4.07. The first kappa shape index (κ1) is 13.4. The van der Waals surface area contributed by atoms with Crippen LogP contribution < -0.4 is 5.32 Å². The number of carbonyl (C=O) groups excluding carboxylic acids is 1. The van der Waals surface area contributed by atoms with Crippen molar-refractivity contribution < 1.29 is 9.90 Å². The molecule has 0 bridgehead atoms. The average Bonchev–Trinajstić information content (AvgIpc) is 2.42. The summed E-state index contributed by atoms with van der Waals surface area (Å²) in [5.41, 5.74) is 1.32. The van der Waals surface area contributed by atoms with E-state index in [4.69, 9.17) is 11.6 Å². The normalized spacial score (nSPS) is 10.2. The lowest BCUT2D eigenvalue weighted by Gasteiger charge is -2.07. The van der Waals surface area contributed by atoms with Gasteiger partial charge in [0.05, 0.1) is 5.69 Å². The van der Waals surface area contributed by atoms with E-state index in [1.54, 1.807) is 18.5 Å². The van der Waals surface area contributed by atoms with E-state index in [9.17, 15) is 9.90 Å². The van der Waals surface area contributed by atoms with Crippen molar-refractivity contribution in [2.45, 2.75) is 12.8 Å². The number of hydrogen-bond acceptors (Lipinski definition) is 3. The minimum Gasteiger partial charge on any atom is -0.506 e. The van der Waals surface area contributed by atoms with Gasteiger partial charge in [0.2, 0.25) is 5.91 Å². The minimum atomic E-state index is -0.179. The van der Waals surface area contributed by atoms with E-state index in [0.717, 1.165) is 5.56 Å². The highest BCUT2D eigenvalue weighted by Gasteiger charge is 2.07. The second kappa shape index (κ2) is 6.20. The summed E-state index contributed by atoms with van der Waals surface area (Å²) < 4.78 is 0. The van der Waals surface area contributed by atoms with Crippen LogP contribution >= 0.6 is 11.6 Å². The van der Waals surface area contributed by atoms with E-state index in [1.165, 1.54) is 12.1 Å². The van der Waals surface area contributed by atoms with Crippen molar-refractivity contribution in [2.24, 2.45) is 0 Å². The Bertz CT molecular complexity index is 573. The van der Waals surface area contributed by atoms with Crippen LogP contribution in [-0.2, 0) is 11.2 Å². The number of phenolic OH excluding ortho intramolecular Hbond substituents is 1. The molecule has 1 aromatic carbocycles. The monoisotopic (exact) mass is 276 g/mol. The molecule has 98 valence electrons. The number of aromatic nitrogens is 1. The van der Waals surface area contributed by atoms with Gasteiger partial charge >= 0.3 is 0 Å². The van der Waals surface area contributed by atoms with Gasteiger partial charge in [-0.05, 0) is 36.2 Å². The van der Waals surface area contributed by atoms with E-state index >= 15 is 0 Å². The summed E-state index contributed by atoms with van der Waals surface area (Å²) in [6, 6.07) is 8.26. The lowest BCUT2D eigenvalue weighted by molar-refractivity contribution is -0.116. The number of nitrogens with one attached hydrogen (secondary N) is 1. The minimum absolute atomic E-state index is 0.000808.